The van der Waals surface area contributed by atoms with E-state index in [2.05, 4.69) is 9.97 Å². The van der Waals surface area contributed by atoms with Crippen LogP contribution < -0.4 is 0 Å². The lowest BCUT2D eigenvalue weighted by Crippen LogP contribution is -1.96. The van der Waals surface area contributed by atoms with E-state index in [1.807, 2.05) is 0 Å². The second kappa shape index (κ2) is 3.47. The topological polar surface area (TPSA) is 42.9 Å². The van der Waals surface area contributed by atoms with E-state index in [0.29, 0.717) is 0 Å². The molecule has 1 atom stereocenters. The highest BCUT2D eigenvalue weighted by molar-refractivity contribution is 7.84. The summed E-state index contributed by atoms with van der Waals surface area (Å²) in [5.74, 6) is 0. The summed E-state index contributed by atoms with van der Waals surface area (Å²) in [6.07, 6.45) is 1.46. The van der Waals surface area contributed by atoms with Gasteiger partial charge in [0.05, 0.1) is 10.8 Å². The fourth-order valence-corrected chi connectivity index (χ4v) is 1.48. The largest absolute Gasteiger partial charge is 0.251 e. The maximum atomic E-state index is 10.8. The number of aromatic nitrogens is 2. The third kappa shape index (κ3) is 2.39. The van der Waals surface area contributed by atoms with Gasteiger partial charge in [0.2, 0.25) is 5.16 Å². The summed E-state index contributed by atoms with van der Waals surface area (Å²) >= 11 is 11.0. The monoisotopic (exact) mass is 210 g/mol. The molecule has 0 saturated carbocycles. The molecule has 6 heteroatoms. The summed E-state index contributed by atoms with van der Waals surface area (Å²) < 4.78 is 10.8. The van der Waals surface area contributed by atoms with Crippen LogP contribution in [-0.4, -0.2) is 20.4 Å². The van der Waals surface area contributed by atoms with Crippen LogP contribution in [-0.2, 0) is 10.8 Å². The molecule has 0 bridgehead atoms. The van der Waals surface area contributed by atoms with Crippen LogP contribution in [0.2, 0.25) is 10.3 Å². The molecule has 0 aliphatic rings. The second-order valence-corrected chi connectivity index (χ2v) is 3.80. The molecule has 0 spiro atoms. The first-order chi connectivity index (χ1) is 5.09. The lowest BCUT2D eigenvalue weighted by Gasteiger charge is -1.95. The fraction of sp³-hybridized carbons (Fsp3) is 0.200. The molecule has 1 aromatic rings. The molecule has 1 rings (SSSR count). The molecule has 0 unspecified atom stereocenters. The standard InChI is InChI=1S/C5H4Cl2N2OS/c1-11(10)5-8-3(6)2-4(7)9-5/h2H,1H3/t11-/m0/s1. The zero-order valence-corrected chi connectivity index (χ0v) is 7.87. The van der Waals surface area contributed by atoms with Crippen LogP contribution >= 0.6 is 23.2 Å². The lowest BCUT2D eigenvalue weighted by molar-refractivity contribution is 0.679. The predicted molar refractivity (Wildman–Crippen MR) is 44.4 cm³/mol. The van der Waals surface area contributed by atoms with Gasteiger partial charge in [-0.05, 0) is 0 Å². The molecule has 0 aliphatic carbocycles. The first-order valence-electron chi connectivity index (χ1n) is 2.63. The van der Waals surface area contributed by atoms with E-state index in [-0.39, 0.29) is 15.5 Å². The maximum absolute atomic E-state index is 10.8. The van der Waals surface area contributed by atoms with Crippen molar-refractivity contribution in [1.82, 2.24) is 9.97 Å². The predicted octanol–water partition coefficient (Wildman–Crippen LogP) is 1.52. The Bertz CT molecular complexity index is 284. The van der Waals surface area contributed by atoms with E-state index < -0.39 is 10.8 Å². The van der Waals surface area contributed by atoms with Crippen LogP contribution in [0.25, 0.3) is 0 Å². The summed E-state index contributed by atoms with van der Waals surface area (Å²) in [5.41, 5.74) is 0. The second-order valence-electron chi connectivity index (χ2n) is 1.75. The van der Waals surface area contributed by atoms with Crippen molar-refractivity contribution in [3.05, 3.63) is 16.4 Å². The van der Waals surface area contributed by atoms with Crippen LogP contribution in [0.4, 0.5) is 0 Å². The number of rotatable bonds is 1. The molecule has 0 radical (unpaired) electrons. The van der Waals surface area contributed by atoms with Crippen molar-refractivity contribution in [2.75, 3.05) is 6.26 Å². The molecule has 0 N–H and O–H groups in total. The van der Waals surface area contributed by atoms with Gasteiger partial charge in [0.1, 0.15) is 10.3 Å². The molecule has 1 aromatic heterocycles. The van der Waals surface area contributed by atoms with E-state index >= 15 is 0 Å². The van der Waals surface area contributed by atoms with Crippen molar-refractivity contribution in [3.63, 3.8) is 0 Å². The van der Waals surface area contributed by atoms with Crippen LogP contribution in [0, 0.1) is 0 Å². The number of hydrogen-bond acceptors (Lipinski definition) is 3. The average molecular weight is 211 g/mol. The Hall–Kier alpha value is -0.190. The van der Waals surface area contributed by atoms with Crippen molar-refractivity contribution in [1.29, 1.82) is 0 Å². The van der Waals surface area contributed by atoms with Gasteiger partial charge < -0.3 is 0 Å². The molecule has 0 fully saturated rings. The molecule has 3 nitrogen and oxygen atoms in total. The number of halogens is 2. The Morgan fingerprint density at radius 3 is 2.18 bits per heavy atom. The molecule has 0 aliphatic heterocycles. The first kappa shape index (κ1) is 8.90. The van der Waals surface area contributed by atoms with Gasteiger partial charge in [0.25, 0.3) is 0 Å². The zero-order valence-electron chi connectivity index (χ0n) is 5.54. The van der Waals surface area contributed by atoms with Gasteiger partial charge in [-0.3, -0.25) is 4.21 Å². The maximum Gasteiger partial charge on any atom is 0.221 e. The Labute approximate surface area is 76.2 Å². The minimum atomic E-state index is -1.24. The van der Waals surface area contributed by atoms with Gasteiger partial charge in [-0.15, -0.1) is 0 Å². The average Bonchev–Trinajstić information content (AvgIpc) is 1.85. The number of nitrogens with zero attached hydrogens (tertiary/aromatic N) is 2. The summed E-state index contributed by atoms with van der Waals surface area (Å²) in [5, 5.41) is 0.563. The van der Waals surface area contributed by atoms with E-state index in [1.54, 1.807) is 0 Å². The first-order valence-corrected chi connectivity index (χ1v) is 4.94. The van der Waals surface area contributed by atoms with E-state index in [0.717, 1.165) is 0 Å². The third-order valence-corrected chi connectivity index (χ3v) is 1.98. The normalized spacial score (nSPS) is 13.0. The van der Waals surface area contributed by atoms with E-state index in [9.17, 15) is 4.21 Å². The molecule has 0 amide bonds. The van der Waals surface area contributed by atoms with Gasteiger partial charge in [-0.2, -0.15) is 0 Å². The van der Waals surface area contributed by atoms with E-state index in [4.69, 9.17) is 23.2 Å². The van der Waals surface area contributed by atoms with Crippen molar-refractivity contribution < 1.29 is 4.21 Å². The Morgan fingerprint density at radius 1 is 1.36 bits per heavy atom. The molecule has 1 heterocycles. The molecular weight excluding hydrogens is 207 g/mol. The highest BCUT2D eigenvalue weighted by Crippen LogP contribution is 2.12. The highest BCUT2D eigenvalue weighted by atomic mass is 35.5. The van der Waals surface area contributed by atoms with Crippen LogP contribution in [0.5, 0.6) is 0 Å². The van der Waals surface area contributed by atoms with Crippen molar-refractivity contribution >= 4 is 34.0 Å². The molecule has 0 saturated heterocycles. The van der Waals surface area contributed by atoms with Gasteiger partial charge in [0, 0.05) is 12.3 Å². The third-order valence-electron chi connectivity index (χ3n) is 0.900. The van der Waals surface area contributed by atoms with E-state index in [1.165, 1.54) is 12.3 Å². The fourth-order valence-electron chi connectivity index (χ4n) is 0.499. The summed E-state index contributed by atoms with van der Waals surface area (Å²) in [6.45, 7) is 0. The van der Waals surface area contributed by atoms with Crippen molar-refractivity contribution in [2.45, 2.75) is 5.16 Å². The quantitative estimate of drug-likeness (QED) is 0.522. The van der Waals surface area contributed by atoms with Crippen LogP contribution in [0.15, 0.2) is 11.2 Å². The Morgan fingerprint density at radius 2 is 1.82 bits per heavy atom. The van der Waals surface area contributed by atoms with Gasteiger partial charge in [-0.25, -0.2) is 9.97 Å². The van der Waals surface area contributed by atoms with Gasteiger partial charge in [0.15, 0.2) is 0 Å². The lowest BCUT2D eigenvalue weighted by atomic mass is 10.7. The summed E-state index contributed by atoms with van der Waals surface area (Å²) in [6, 6.07) is 1.39. The van der Waals surface area contributed by atoms with Crippen LogP contribution in [0.3, 0.4) is 0 Å². The number of hydrogen-bond donors (Lipinski definition) is 0. The molecule has 0 aromatic carbocycles. The van der Waals surface area contributed by atoms with Gasteiger partial charge >= 0.3 is 0 Å². The molecule has 60 valence electrons. The summed E-state index contributed by atoms with van der Waals surface area (Å²) in [7, 11) is -1.24. The highest BCUT2D eigenvalue weighted by Gasteiger charge is 2.03. The summed E-state index contributed by atoms with van der Waals surface area (Å²) in [4.78, 5) is 7.41. The Kier molecular flexibility index (Phi) is 2.81. The minimum Gasteiger partial charge on any atom is -0.251 e. The SMILES string of the molecule is C[S@](=O)c1nc(Cl)cc(Cl)n1. The smallest absolute Gasteiger partial charge is 0.221 e. The Balaban J connectivity index is 3.19. The van der Waals surface area contributed by atoms with Crippen molar-refractivity contribution in [3.8, 4) is 0 Å². The zero-order chi connectivity index (χ0) is 8.43. The van der Waals surface area contributed by atoms with Crippen LogP contribution in [0.1, 0.15) is 0 Å². The molecular formula is C5H4Cl2N2OS. The van der Waals surface area contributed by atoms with Crippen molar-refractivity contribution in [2.24, 2.45) is 0 Å². The molecule has 11 heavy (non-hydrogen) atoms. The van der Waals surface area contributed by atoms with Gasteiger partial charge in [-0.1, -0.05) is 23.2 Å². The minimum absolute atomic E-state index is 0.155.